The lowest BCUT2D eigenvalue weighted by Gasteiger charge is -2.26. The monoisotopic (exact) mass is 388 g/mol. The molecule has 146 valence electrons. The van der Waals surface area contributed by atoms with Crippen molar-refractivity contribution >= 4 is 17.2 Å². The van der Waals surface area contributed by atoms with E-state index in [1.54, 1.807) is 0 Å². The molecule has 2 heterocycles. The molecule has 1 aromatic carbocycles. The van der Waals surface area contributed by atoms with Gasteiger partial charge in [-0.3, -0.25) is 9.69 Å². The minimum atomic E-state index is -0.0118. The molecule has 0 atom stereocenters. The Hall–Kier alpha value is -1.89. The van der Waals surface area contributed by atoms with Crippen molar-refractivity contribution in [2.75, 3.05) is 39.4 Å². The first-order valence-electron chi connectivity index (χ1n) is 9.39. The average molecular weight is 389 g/mol. The van der Waals surface area contributed by atoms with Gasteiger partial charge in [0.05, 0.1) is 18.1 Å². The Morgan fingerprint density at radius 2 is 1.89 bits per heavy atom. The molecule has 0 bridgehead atoms. The topological polar surface area (TPSA) is 50.8 Å². The van der Waals surface area contributed by atoms with Gasteiger partial charge in [0, 0.05) is 31.7 Å². The second kappa shape index (κ2) is 9.35. The largest absolute Gasteiger partial charge is 0.488 e. The van der Waals surface area contributed by atoms with E-state index in [0.29, 0.717) is 13.2 Å². The third kappa shape index (κ3) is 5.54. The fourth-order valence-corrected chi connectivity index (χ4v) is 4.17. The van der Waals surface area contributed by atoms with Crippen LogP contribution in [0.25, 0.3) is 0 Å². The van der Waals surface area contributed by atoms with Crippen molar-refractivity contribution in [2.45, 2.75) is 27.4 Å². The lowest BCUT2D eigenvalue weighted by Crippen LogP contribution is -2.41. The lowest BCUT2D eigenvalue weighted by molar-refractivity contribution is 0.0383. The first-order valence-corrected chi connectivity index (χ1v) is 10.3. The Balaban J connectivity index is 1.48. The summed E-state index contributed by atoms with van der Waals surface area (Å²) in [6, 6.07) is 6.18. The van der Waals surface area contributed by atoms with E-state index >= 15 is 0 Å². The van der Waals surface area contributed by atoms with Crippen LogP contribution in [0.15, 0.2) is 23.6 Å². The summed E-state index contributed by atoms with van der Waals surface area (Å²) in [5, 5.41) is 5.00. The molecule has 1 aliphatic rings. The number of nitrogens with zero attached hydrogens (tertiary/aromatic N) is 1. The van der Waals surface area contributed by atoms with Crippen molar-refractivity contribution < 1.29 is 14.3 Å². The van der Waals surface area contributed by atoms with Crippen LogP contribution in [0.3, 0.4) is 0 Å². The van der Waals surface area contributed by atoms with Crippen molar-refractivity contribution in [3.8, 4) is 5.75 Å². The van der Waals surface area contributed by atoms with Crippen LogP contribution in [0.2, 0.25) is 0 Å². The van der Waals surface area contributed by atoms with Crippen LogP contribution in [0.1, 0.15) is 31.9 Å². The minimum Gasteiger partial charge on any atom is -0.488 e. The van der Waals surface area contributed by atoms with Crippen LogP contribution in [0, 0.1) is 20.8 Å². The Labute approximate surface area is 165 Å². The van der Waals surface area contributed by atoms with Gasteiger partial charge in [-0.05, 0) is 43.3 Å². The van der Waals surface area contributed by atoms with Crippen LogP contribution in [0.4, 0.5) is 0 Å². The molecule has 0 radical (unpaired) electrons. The third-order valence-electron chi connectivity index (χ3n) is 4.68. The van der Waals surface area contributed by atoms with E-state index in [-0.39, 0.29) is 5.91 Å². The van der Waals surface area contributed by atoms with Crippen LogP contribution in [-0.2, 0) is 11.3 Å². The second-order valence-electron chi connectivity index (χ2n) is 7.05. The maximum Gasteiger partial charge on any atom is 0.261 e. The number of thiophene rings is 1. The number of ether oxygens (including phenoxy) is 2. The van der Waals surface area contributed by atoms with E-state index in [9.17, 15) is 4.79 Å². The van der Waals surface area contributed by atoms with Gasteiger partial charge in [-0.2, -0.15) is 0 Å². The average Bonchev–Trinajstić information content (AvgIpc) is 3.11. The summed E-state index contributed by atoms with van der Waals surface area (Å²) in [4.78, 5) is 15.4. The third-order valence-corrected chi connectivity index (χ3v) is 5.66. The number of nitrogens with one attached hydrogen (secondary N) is 1. The van der Waals surface area contributed by atoms with Gasteiger partial charge in [-0.1, -0.05) is 17.7 Å². The molecule has 1 aromatic heterocycles. The van der Waals surface area contributed by atoms with Crippen molar-refractivity contribution in [1.29, 1.82) is 0 Å². The number of carbonyl (C=O) groups excluding carboxylic acids is 1. The minimum absolute atomic E-state index is 0.0118. The van der Waals surface area contributed by atoms with Gasteiger partial charge in [-0.25, -0.2) is 0 Å². The van der Waals surface area contributed by atoms with Gasteiger partial charge in [0.25, 0.3) is 5.91 Å². The maximum atomic E-state index is 12.3. The molecule has 1 fully saturated rings. The maximum absolute atomic E-state index is 12.3. The van der Waals surface area contributed by atoms with Crippen LogP contribution in [0.5, 0.6) is 5.75 Å². The lowest BCUT2D eigenvalue weighted by atomic mass is 10.1. The summed E-state index contributed by atoms with van der Waals surface area (Å²) < 4.78 is 11.4. The highest BCUT2D eigenvalue weighted by atomic mass is 32.1. The number of rotatable bonds is 7. The molecule has 3 rings (SSSR count). The van der Waals surface area contributed by atoms with Gasteiger partial charge in [0.1, 0.15) is 12.4 Å². The molecule has 0 saturated carbocycles. The number of hydrogen-bond acceptors (Lipinski definition) is 5. The summed E-state index contributed by atoms with van der Waals surface area (Å²) in [6.07, 6.45) is 0. The Morgan fingerprint density at radius 1 is 1.19 bits per heavy atom. The number of carbonyl (C=O) groups is 1. The second-order valence-corrected chi connectivity index (χ2v) is 7.96. The standard InChI is InChI=1S/C21H28N2O3S/c1-15-10-16(2)20(17(3)11-15)26-13-18-12-19(27-14-18)21(24)22-4-5-23-6-8-25-9-7-23/h10-12,14H,4-9,13H2,1-3H3,(H,22,24). The fraction of sp³-hybridized carbons (Fsp3) is 0.476. The summed E-state index contributed by atoms with van der Waals surface area (Å²) in [7, 11) is 0. The molecule has 5 nitrogen and oxygen atoms in total. The predicted molar refractivity (Wildman–Crippen MR) is 109 cm³/mol. The summed E-state index contributed by atoms with van der Waals surface area (Å²) >= 11 is 1.46. The Morgan fingerprint density at radius 3 is 2.59 bits per heavy atom. The number of morpholine rings is 1. The quantitative estimate of drug-likeness (QED) is 0.791. The normalized spacial score (nSPS) is 14.9. The zero-order chi connectivity index (χ0) is 19.2. The van der Waals surface area contributed by atoms with Crippen LogP contribution < -0.4 is 10.1 Å². The molecule has 27 heavy (non-hydrogen) atoms. The summed E-state index contributed by atoms with van der Waals surface area (Å²) in [5.41, 5.74) is 4.55. The first-order chi connectivity index (χ1) is 13.0. The van der Waals surface area contributed by atoms with E-state index < -0.39 is 0 Å². The van der Waals surface area contributed by atoms with Crippen molar-refractivity contribution in [3.05, 3.63) is 50.7 Å². The van der Waals surface area contributed by atoms with E-state index in [0.717, 1.165) is 60.2 Å². The molecule has 1 saturated heterocycles. The van der Waals surface area contributed by atoms with Crippen LogP contribution in [-0.4, -0.2) is 50.2 Å². The Bertz CT molecular complexity index is 758. The smallest absolute Gasteiger partial charge is 0.261 e. The molecule has 0 unspecified atom stereocenters. The van der Waals surface area contributed by atoms with Gasteiger partial charge in [-0.15, -0.1) is 11.3 Å². The molecule has 2 aromatic rings. The molecule has 6 heteroatoms. The number of benzene rings is 1. The van der Waals surface area contributed by atoms with E-state index in [1.807, 2.05) is 11.4 Å². The van der Waals surface area contributed by atoms with Gasteiger partial charge >= 0.3 is 0 Å². The van der Waals surface area contributed by atoms with E-state index in [4.69, 9.17) is 9.47 Å². The zero-order valence-corrected chi connectivity index (χ0v) is 17.2. The van der Waals surface area contributed by atoms with Gasteiger partial charge in [0.2, 0.25) is 0 Å². The number of amides is 1. The molecule has 1 N–H and O–H groups in total. The highest BCUT2D eigenvalue weighted by Gasteiger charge is 2.13. The van der Waals surface area contributed by atoms with Crippen LogP contribution >= 0.6 is 11.3 Å². The van der Waals surface area contributed by atoms with Gasteiger partial charge in [0.15, 0.2) is 0 Å². The SMILES string of the molecule is Cc1cc(C)c(OCc2csc(C(=O)NCCN3CCOCC3)c2)c(C)c1. The number of aryl methyl sites for hydroxylation is 3. The van der Waals surface area contributed by atoms with Crippen molar-refractivity contribution in [3.63, 3.8) is 0 Å². The molecular formula is C21H28N2O3S. The molecule has 1 aliphatic heterocycles. The predicted octanol–water partition coefficient (Wildman–Crippen LogP) is 3.31. The number of hydrogen-bond donors (Lipinski definition) is 1. The highest BCUT2D eigenvalue weighted by molar-refractivity contribution is 7.12. The molecule has 1 amide bonds. The highest BCUT2D eigenvalue weighted by Crippen LogP contribution is 2.26. The molecular weight excluding hydrogens is 360 g/mol. The van der Waals surface area contributed by atoms with E-state index in [1.165, 1.54) is 16.9 Å². The van der Waals surface area contributed by atoms with E-state index in [2.05, 4.69) is 43.1 Å². The van der Waals surface area contributed by atoms with Crippen molar-refractivity contribution in [2.24, 2.45) is 0 Å². The van der Waals surface area contributed by atoms with Gasteiger partial charge < -0.3 is 14.8 Å². The zero-order valence-electron chi connectivity index (χ0n) is 16.3. The van der Waals surface area contributed by atoms with Crippen molar-refractivity contribution in [1.82, 2.24) is 10.2 Å². The first kappa shape index (κ1) is 19.9. The Kier molecular flexibility index (Phi) is 6.88. The summed E-state index contributed by atoms with van der Waals surface area (Å²) in [6.45, 7) is 11.7. The molecule has 0 spiro atoms. The summed E-state index contributed by atoms with van der Waals surface area (Å²) in [5.74, 6) is 0.922. The molecule has 0 aliphatic carbocycles. The fourth-order valence-electron chi connectivity index (χ4n) is 3.36.